The molecule has 2 saturated carbocycles. The highest BCUT2D eigenvalue weighted by Gasteiger charge is 2.36. The Kier molecular flexibility index (Phi) is 4.18. The van der Waals surface area contributed by atoms with E-state index in [2.05, 4.69) is 12.2 Å². The first-order valence-corrected chi connectivity index (χ1v) is 9.30. The summed E-state index contributed by atoms with van der Waals surface area (Å²) >= 11 is 0. The van der Waals surface area contributed by atoms with Gasteiger partial charge in [-0.05, 0) is 62.1 Å². The van der Waals surface area contributed by atoms with Crippen LogP contribution in [0.15, 0.2) is 35.2 Å². The van der Waals surface area contributed by atoms with Gasteiger partial charge in [0.1, 0.15) is 0 Å². The van der Waals surface area contributed by atoms with Gasteiger partial charge in [-0.1, -0.05) is 24.3 Å². The molecule has 2 fully saturated rings. The Balaban J connectivity index is 1.64. The molecule has 0 aliphatic heterocycles. The maximum absolute atomic E-state index is 12.1. The third kappa shape index (κ3) is 3.55. The van der Waals surface area contributed by atoms with Crippen molar-refractivity contribution >= 4 is 15.9 Å². The van der Waals surface area contributed by atoms with Crippen LogP contribution in [0.2, 0.25) is 0 Å². The van der Waals surface area contributed by atoms with Crippen molar-refractivity contribution in [2.24, 2.45) is 5.92 Å². The molecule has 21 heavy (non-hydrogen) atoms. The number of rotatable bonds is 4. The van der Waals surface area contributed by atoms with Crippen molar-refractivity contribution in [3.63, 3.8) is 0 Å². The Morgan fingerprint density at radius 2 is 1.57 bits per heavy atom. The van der Waals surface area contributed by atoms with Gasteiger partial charge in [-0.15, -0.1) is 0 Å². The standard InChI is InChI=1S/C17H22O3S/c18-15-7-3-13(4-8-15)1-2-14-5-9-16(10-6-14)21(19,20)17-11-12-17/h1-2,5-6,9-10,13,15,17-18H,3-4,7-8,11-12H2/b2-1+. The van der Waals surface area contributed by atoms with Crippen molar-refractivity contribution in [1.82, 2.24) is 0 Å². The van der Waals surface area contributed by atoms with E-state index in [4.69, 9.17) is 0 Å². The minimum absolute atomic E-state index is 0.124. The van der Waals surface area contributed by atoms with Gasteiger partial charge < -0.3 is 5.11 Å². The average Bonchev–Trinajstić information content (AvgIpc) is 3.32. The summed E-state index contributed by atoms with van der Waals surface area (Å²) in [5.41, 5.74) is 1.04. The lowest BCUT2D eigenvalue weighted by atomic mass is 9.87. The predicted molar refractivity (Wildman–Crippen MR) is 83.6 cm³/mol. The molecule has 0 unspecified atom stereocenters. The van der Waals surface area contributed by atoms with Crippen LogP contribution >= 0.6 is 0 Å². The largest absolute Gasteiger partial charge is 0.393 e. The Hall–Kier alpha value is -1.13. The predicted octanol–water partition coefficient (Wildman–Crippen LogP) is 3.19. The SMILES string of the molecule is O=S(=O)(c1ccc(/C=C/C2CCC(O)CC2)cc1)C1CC1. The van der Waals surface area contributed by atoms with Crippen LogP contribution in [0.1, 0.15) is 44.1 Å². The Morgan fingerprint density at radius 1 is 0.952 bits per heavy atom. The van der Waals surface area contributed by atoms with E-state index in [1.165, 1.54) is 0 Å². The molecule has 4 heteroatoms. The van der Waals surface area contributed by atoms with Gasteiger partial charge in [0, 0.05) is 0 Å². The second-order valence-corrected chi connectivity index (χ2v) is 8.47. The molecule has 0 aromatic heterocycles. The van der Waals surface area contributed by atoms with E-state index in [0.29, 0.717) is 10.8 Å². The fourth-order valence-corrected chi connectivity index (χ4v) is 4.54. The molecule has 0 saturated heterocycles. The molecule has 1 N–H and O–H groups in total. The fraction of sp³-hybridized carbons (Fsp3) is 0.529. The highest BCUT2D eigenvalue weighted by Crippen LogP contribution is 2.33. The monoisotopic (exact) mass is 306 g/mol. The highest BCUT2D eigenvalue weighted by molar-refractivity contribution is 7.92. The number of aliphatic hydroxyl groups is 1. The van der Waals surface area contributed by atoms with Crippen molar-refractivity contribution in [2.75, 3.05) is 0 Å². The summed E-state index contributed by atoms with van der Waals surface area (Å²) in [5.74, 6) is 0.531. The minimum atomic E-state index is -3.08. The molecule has 2 aliphatic rings. The lowest BCUT2D eigenvalue weighted by Crippen LogP contribution is -2.16. The molecule has 0 bridgehead atoms. The third-order valence-corrected chi connectivity index (χ3v) is 6.75. The van der Waals surface area contributed by atoms with E-state index in [0.717, 1.165) is 44.1 Å². The molecule has 3 rings (SSSR count). The van der Waals surface area contributed by atoms with Crippen LogP contribution < -0.4 is 0 Å². The Bertz CT molecular complexity index is 604. The van der Waals surface area contributed by atoms with Gasteiger partial charge in [-0.2, -0.15) is 0 Å². The van der Waals surface area contributed by atoms with E-state index < -0.39 is 9.84 Å². The lowest BCUT2D eigenvalue weighted by molar-refractivity contribution is 0.118. The van der Waals surface area contributed by atoms with Crippen molar-refractivity contribution in [3.8, 4) is 0 Å². The molecule has 2 aliphatic carbocycles. The Labute approximate surface area is 126 Å². The number of benzene rings is 1. The van der Waals surface area contributed by atoms with Gasteiger partial charge in [0.2, 0.25) is 0 Å². The summed E-state index contributed by atoms with van der Waals surface area (Å²) in [5, 5.41) is 9.34. The summed E-state index contributed by atoms with van der Waals surface area (Å²) in [6.07, 6.45) is 9.57. The minimum Gasteiger partial charge on any atom is -0.393 e. The average molecular weight is 306 g/mol. The first-order valence-electron chi connectivity index (χ1n) is 7.76. The number of aliphatic hydroxyl groups excluding tert-OH is 1. The van der Waals surface area contributed by atoms with E-state index in [-0.39, 0.29) is 11.4 Å². The molecular formula is C17H22O3S. The van der Waals surface area contributed by atoms with Crippen LogP contribution in [0.4, 0.5) is 0 Å². The molecule has 0 heterocycles. The molecule has 0 radical (unpaired) electrons. The number of hydrogen-bond acceptors (Lipinski definition) is 3. The zero-order valence-corrected chi connectivity index (χ0v) is 12.9. The second kappa shape index (κ2) is 5.93. The Morgan fingerprint density at radius 3 is 2.14 bits per heavy atom. The van der Waals surface area contributed by atoms with Gasteiger partial charge >= 0.3 is 0 Å². The normalized spacial score (nSPS) is 27.1. The molecule has 1 aromatic rings. The van der Waals surface area contributed by atoms with E-state index >= 15 is 0 Å². The summed E-state index contributed by atoms with van der Waals surface area (Å²) in [7, 11) is -3.08. The quantitative estimate of drug-likeness (QED) is 0.929. The zero-order chi connectivity index (χ0) is 14.9. The summed E-state index contributed by atoms with van der Waals surface area (Å²) < 4.78 is 24.2. The fourth-order valence-electron chi connectivity index (χ4n) is 2.88. The first kappa shape index (κ1) is 14.8. The summed E-state index contributed by atoms with van der Waals surface area (Å²) in [4.78, 5) is 0.447. The van der Waals surface area contributed by atoms with Gasteiger partial charge in [-0.3, -0.25) is 0 Å². The molecule has 114 valence electrons. The maximum atomic E-state index is 12.1. The van der Waals surface area contributed by atoms with Crippen molar-refractivity contribution in [3.05, 3.63) is 35.9 Å². The molecule has 0 spiro atoms. The number of allylic oxidation sites excluding steroid dienone is 1. The summed E-state index contributed by atoms with van der Waals surface area (Å²) in [6.45, 7) is 0. The number of sulfone groups is 1. The highest BCUT2D eigenvalue weighted by atomic mass is 32.2. The molecular weight excluding hydrogens is 284 g/mol. The van der Waals surface area contributed by atoms with Gasteiger partial charge in [0.25, 0.3) is 0 Å². The smallest absolute Gasteiger partial charge is 0.181 e. The van der Waals surface area contributed by atoms with Crippen molar-refractivity contribution < 1.29 is 13.5 Å². The molecule has 3 nitrogen and oxygen atoms in total. The van der Waals surface area contributed by atoms with Crippen LogP contribution in [0.25, 0.3) is 6.08 Å². The van der Waals surface area contributed by atoms with Gasteiger partial charge in [-0.25, -0.2) is 8.42 Å². The third-order valence-electron chi connectivity index (χ3n) is 4.47. The lowest BCUT2D eigenvalue weighted by Gasteiger charge is -2.22. The summed E-state index contributed by atoms with van der Waals surface area (Å²) in [6, 6.07) is 7.20. The topological polar surface area (TPSA) is 54.4 Å². The second-order valence-electron chi connectivity index (χ2n) is 6.24. The van der Waals surface area contributed by atoms with Gasteiger partial charge in [0.15, 0.2) is 9.84 Å². The van der Waals surface area contributed by atoms with Crippen LogP contribution in [0.3, 0.4) is 0 Å². The van der Waals surface area contributed by atoms with E-state index in [9.17, 15) is 13.5 Å². The molecule has 0 amide bonds. The van der Waals surface area contributed by atoms with E-state index in [1.807, 2.05) is 12.1 Å². The maximum Gasteiger partial charge on any atom is 0.181 e. The zero-order valence-electron chi connectivity index (χ0n) is 12.1. The van der Waals surface area contributed by atoms with Crippen LogP contribution in [0, 0.1) is 5.92 Å². The van der Waals surface area contributed by atoms with Crippen molar-refractivity contribution in [1.29, 1.82) is 0 Å². The van der Waals surface area contributed by atoms with E-state index in [1.54, 1.807) is 12.1 Å². The van der Waals surface area contributed by atoms with Gasteiger partial charge in [0.05, 0.1) is 16.2 Å². The molecule has 0 atom stereocenters. The van der Waals surface area contributed by atoms with Crippen molar-refractivity contribution in [2.45, 2.75) is 54.8 Å². The van der Waals surface area contributed by atoms with Crippen LogP contribution in [-0.2, 0) is 9.84 Å². The first-order chi connectivity index (χ1) is 10.1. The van der Waals surface area contributed by atoms with Crippen LogP contribution in [-0.4, -0.2) is 24.9 Å². The molecule has 1 aromatic carbocycles. The number of hydrogen-bond donors (Lipinski definition) is 1. The van der Waals surface area contributed by atoms with Crippen LogP contribution in [0.5, 0.6) is 0 Å².